The number of carbonyl (C=O) groups excluding carboxylic acids is 1. The molecule has 1 N–H and O–H groups in total. The molecular weight excluding hydrogens is 294 g/mol. The molecule has 1 rings (SSSR count). The van der Waals surface area contributed by atoms with Gasteiger partial charge >= 0.3 is 0 Å². The molecule has 100 valence electrons. The first-order valence-electron chi connectivity index (χ1n) is 6.34. The Labute approximate surface area is 117 Å². The summed E-state index contributed by atoms with van der Waals surface area (Å²) in [4.78, 5) is 14.0. The van der Waals surface area contributed by atoms with Gasteiger partial charge in [0.25, 0.3) is 5.91 Å². The van der Waals surface area contributed by atoms with Crippen molar-refractivity contribution < 1.29 is 9.90 Å². The molecule has 1 aromatic rings. The topological polar surface area (TPSA) is 40.5 Å². The standard InChI is InChI=1S/C14H20BrNO2/c1-2-3-4-9-16(10-11-17)14(18)12-5-7-13(15)8-6-12/h5-8,17H,2-4,9-11H2,1H3. The Morgan fingerprint density at radius 2 is 1.89 bits per heavy atom. The van der Waals surface area contributed by atoms with Crippen LogP contribution < -0.4 is 0 Å². The molecule has 0 aliphatic carbocycles. The van der Waals surface area contributed by atoms with Gasteiger partial charge < -0.3 is 10.0 Å². The Hall–Kier alpha value is -0.870. The minimum atomic E-state index is -0.00680. The zero-order valence-corrected chi connectivity index (χ0v) is 12.3. The van der Waals surface area contributed by atoms with Crippen LogP contribution in [0.2, 0.25) is 0 Å². The number of hydrogen-bond acceptors (Lipinski definition) is 2. The summed E-state index contributed by atoms with van der Waals surface area (Å²) in [7, 11) is 0. The highest BCUT2D eigenvalue weighted by molar-refractivity contribution is 9.10. The van der Waals surface area contributed by atoms with Crippen LogP contribution in [0.25, 0.3) is 0 Å². The van der Waals surface area contributed by atoms with Crippen LogP contribution in [0.1, 0.15) is 36.5 Å². The first kappa shape index (κ1) is 15.2. The zero-order chi connectivity index (χ0) is 13.4. The van der Waals surface area contributed by atoms with Crippen molar-refractivity contribution in [2.45, 2.75) is 26.2 Å². The molecule has 0 saturated carbocycles. The van der Waals surface area contributed by atoms with Crippen molar-refractivity contribution in [3.63, 3.8) is 0 Å². The van der Waals surface area contributed by atoms with Crippen molar-refractivity contribution in [1.29, 1.82) is 0 Å². The number of carbonyl (C=O) groups is 1. The molecule has 0 spiro atoms. The van der Waals surface area contributed by atoms with Gasteiger partial charge in [0.1, 0.15) is 0 Å². The second-order valence-electron chi connectivity index (χ2n) is 4.23. The van der Waals surface area contributed by atoms with Crippen LogP contribution in [0.4, 0.5) is 0 Å². The molecule has 0 unspecified atom stereocenters. The molecule has 18 heavy (non-hydrogen) atoms. The van der Waals surface area contributed by atoms with Crippen molar-refractivity contribution in [2.24, 2.45) is 0 Å². The summed E-state index contributed by atoms with van der Waals surface area (Å²) >= 11 is 3.35. The number of rotatable bonds is 7. The summed E-state index contributed by atoms with van der Waals surface area (Å²) in [6.45, 7) is 3.25. The minimum absolute atomic E-state index is 0.00680. The van der Waals surface area contributed by atoms with Crippen molar-refractivity contribution in [2.75, 3.05) is 19.7 Å². The third-order valence-electron chi connectivity index (χ3n) is 2.78. The first-order valence-corrected chi connectivity index (χ1v) is 7.14. The molecule has 3 nitrogen and oxygen atoms in total. The number of hydrogen-bond donors (Lipinski definition) is 1. The van der Waals surface area contributed by atoms with Crippen LogP contribution in [0.15, 0.2) is 28.7 Å². The lowest BCUT2D eigenvalue weighted by Crippen LogP contribution is -2.34. The Morgan fingerprint density at radius 3 is 2.44 bits per heavy atom. The fraction of sp³-hybridized carbons (Fsp3) is 0.500. The van der Waals surface area contributed by atoms with Gasteiger partial charge in [-0.25, -0.2) is 0 Å². The van der Waals surface area contributed by atoms with E-state index < -0.39 is 0 Å². The van der Waals surface area contributed by atoms with Crippen molar-refractivity contribution in [1.82, 2.24) is 4.90 Å². The quantitative estimate of drug-likeness (QED) is 0.786. The Kier molecular flexibility index (Phi) is 6.98. The number of halogens is 1. The van der Waals surface area contributed by atoms with E-state index in [9.17, 15) is 4.79 Å². The summed E-state index contributed by atoms with van der Waals surface area (Å²) in [5.41, 5.74) is 0.670. The summed E-state index contributed by atoms with van der Waals surface area (Å²) in [5, 5.41) is 9.03. The predicted molar refractivity (Wildman–Crippen MR) is 76.7 cm³/mol. The van der Waals surface area contributed by atoms with Gasteiger partial charge in [-0.15, -0.1) is 0 Å². The fourth-order valence-electron chi connectivity index (χ4n) is 1.76. The highest BCUT2D eigenvalue weighted by Crippen LogP contribution is 2.13. The SMILES string of the molecule is CCCCCN(CCO)C(=O)c1ccc(Br)cc1. The van der Waals surface area contributed by atoms with Gasteiger partial charge in [-0.2, -0.15) is 0 Å². The highest BCUT2D eigenvalue weighted by Gasteiger charge is 2.14. The maximum absolute atomic E-state index is 12.2. The van der Waals surface area contributed by atoms with Crippen molar-refractivity contribution >= 4 is 21.8 Å². The normalized spacial score (nSPS) is 10.4. The summed E-state index contributed by atoms with van der Waals surface area (Å²) < 4.78 is 0.957. The van der Waals surface area contributed by atoms with Crippen LogP contribution in [0.3, 0.4) is 0 Å². The minimum Gasteiger partial charge on any atom is -0.395 e. The number of nitrogens with zero attached hydrogens (tertiary/aromatic N) is 1. The molecule has 0 aromatic heterocycles. The smallest absolute Gasteiger partial charge is 0.253 e. The van der Waals surface area contributed by atoms with Gasteiger partial charge in [0.2, 0.25) is 0 Å². The van der Waals surface area contributed by atoms with Gasteiger partial charge in [0.05, 0.1) is 6.61 Å². The third kappa shape index (κ3) is 4.78. The molecule has 1 amide bonds. The summed E-state index contributed by atoms with van der Waals surface area (Å²) in [6.07, 6.45) is 3.22. The molecule has 0 atom stereocenters. The van der Waals surface area contributed by atoms with E-state index >= 15 is 0 Å². The number of aliphatic hydroxyl groups is 1. The van der Waals surface area contributed by atoms with Crippen LogP contribution in [-0.2, 0) is 0 Å². The van der Waals surface area contributed by atoms with E-state index in [1.807, 2.05) is 12.1 Å². The maximum Gasteiger partial charge on any atom is 0.253 e. The third-order valence-corrected chi connectivity index (χ3v) is 3.31. The Bertz CT molecular complexity index is 365. The lowest BCUT2D eigenvalue weighted by atomic mass is 10.2. The molecule has 0 heterocycles. The monoisotopic (exact) mass is 313 g/mol. The van der Waals surface area contributed by atoms with Crippen LogP contribution in [-0.4, -0.2) is 35.6 Å². The molecule has 1 aromatic carbocycles. The molecule has 0 radical (unpaired) electrons. The molecule has 0 fully saturated rings. The highest BCUT2D eigenvalue weighted by atomic mass is 79.9. The molecule has 0 bridgehead atoms. The van der Waals surface area contributed by atoms with E-state index in [0.717, 1.165) is 23.7 Å². The Balaban J connectivity index is 2.66. The zero-order valence-electron chi connectivity index (χ0n) is 10.7. The number of benzene rings is 1. The molecule has 0 aliphatic rings. The van der Waals surface area contributed by atoms with Crippen LogP contribution in [0, 0.1) is 0 Å². The average molecular weight is 314 g/mol. The van der Waals surface area contributed by atoms with Gasteiger partial charge in [0.15, 0.2) is 0 Å². The van der Waals surface area contributed by atoms with Crippen molar-refractivity contribution in [3.05, 3.63) is 34.3 Å². The largest absolute Gasteiger partial charge is 0.395 e. The van der Waals surface area contributed by atoms with E-state index in [0.29, 0.717) is 18.7 Å². The van der Waals surface area contributed by atoms with E-state index in [2.05, 4.69) is 22.9 Å². The Morgan fingerprint density at radius 1 is 1.22 bits per heavy atom. The molecular formula is C14H20BrNO2. The van der Waals surface area contributed by atoms with Crippen molar-refractivity contribution in [3.8, 4) is 0 Å². The summed E-state index contributed by atoms with van der Waals surface area (Å²) in [5.74, 6) is -0.00680. The van der Waals surface area contributed by atoms with Gasteiger partial charge in [0, 0.05) is 23.1 Å². The van der Waals surface area contributed by atoms with E-state index in [1.54, 1.807) is 17.0 Å². The van der Waals surface area contributed by atoms with Crippen LogP contribution in [0.5, 0.6) is 0 Å². The van der Waals surface area contributed by atoms with Gasteiger partial charge in [-0.3, -0.25) is 4.79 Å². The second kappa shape index (κ2) is 8.27. The lowest BCUT2D eigenvalue weighted by Gasteiger charge is -2.21. The average Bonchev–Trinajstić information content (AvgIpc) is 2.38. The summed E-state index contributed by atoms with van der Waals surface area (Å²) in [6, 6.07) is 7.32. The molecule has 0 saturated heterocycles. The van der Waals surface area contributed by atoms with Gasteiger partial charge in [-0.05, 0) is 30.7 Å². The number of unbranched alkanes of at least 4 members (excludes halogenated alkanes) is 2. The molecule has 0 aliphatic heterocycles. The first-order chi connectivity index (χ1) is 8.69. The lowest BCUT2D eigenvalue weighted by molar-refractivity contribution is 0.0718. The number of amides is 1. The predicted octanol–water partition coefficient (Wildman–Crippen LogP) is 3.07. The number of aliphatic hydroxyl groups excluding tert-OH is 1. The van der Waals surface area contributed by atoms with Gasteiger partial charge in [-0.1, -0.05) is 35.7 Å². The second-order valence-corrected chi connectivity index (χ2v) is 5.15. The van der Waals surface area contributed by atoms with E-state index in [4.69, 9.17) is 5.11 Å². The van der Waals surface area contributed by atoms with E-state index in [-0.39, 0.29) is 12.5 Å². The molecule has 4 heteroatoms. The van der Waals surface area contributed by atoms with Crippen LogP contribution >= 0.6 is 15.9 Å². The fourth-order valence-corrected chi connectivity index (χ4v) is 2.03. The van der Waals surface area contributed by atoms with E-state index in [1.165, 1.54) is 0 Å². The maximum atomic E-state index is 12.2.